The monoisotopic (exact) mass is 471 g/mol. The van der Waals surface area contributed by atoms with E-state index in [0.717, 1.165) is 6.21 Å². The van der Waals surface area contributed by atoms with E-state index in [1.54, 1.807) is 34.0 Å². The zero-order valence-electron chi connectivity index (χ0n) is 17.6. The zero-order chi connectivity index (χ0) is 22.8. The lowest BCUT2D eigenvalue weighted by Gasteiger charge is -2.19. The summed E-state index contributed by atoms with van der Waals surface area (Å²) in [6, 6.07) is -0.314. The van der Waals surface area contributed by atoms with Crippen LogP contribution in [0.15, 0.2) is 22.5 Å². The minimum absolute atomic E-state index is 0.0740. The smallest absolute Gasteiger partial charge is 0.258 e. The highest BCUT2D eigenvalue weighted by Crippen LogP contribution is 2.30. The Morgan fingerprint density at radius 2 is 2.13 bits per heavy atom. The number of fused-ring (bicyclic) bond motifs is 1. The summed E-state index contributed by atoms with van der Waals surface area (Å²) >= 11 is 6.24. The predicted molar refractivity (Wildman–Crippen MR) is 120 cm³/mol. The van der Waals surface area contributed by atoms with Crippen LogP contribution in [0, 0.1) is 5.41 Å². The van der Waals surface area contributed by atoms with Gasteiger partial charge in [0.2, 0.25) is 5.95 Å². The molecule has 3 atom stereocenters. The van der Waals surface area contributed by atoms with Crippen molar-refractivity contribution in [2.75, 3.05) is 30.9 Å². The zero-order valence-corrected chi connectivity index (χ0v) is 19.2. The molecule has 3 heterocycles. The molecule has 0 radical (unpaired) electrons. The maximum absolute atomic E-state index is 12.4. The normalized spacial score (nSPS) is 25.4. The fraction of sp³-hybridized carbons (Fsp3) is 0.556. The maximum Gasteiger partial charge on any atom is 0.258 e. The van der Waals surface area contributed by atoms with Crippen molar-refractivity contribution in [1.29, 1.82) is 5.41 Å². The average molecular weight is 472 g/mol. The Morgan fingerprint density at radius 1 is 1.39 bits per heavy atom. The summed E-state index contributed by atoms with van der Waals surface area (Å²) in [5.41, 5.74) is 0.813. The molecule has 0 saturated carbocycles. The van der Waals surface area contributed by atoms with Crippen molar-refractivity contribution in [2.24, 2.45) is 4.40 Å². The van der Waals surface area contributed by atoms with Crippen molar-refractivity contribution in [3.05, 3.63) is 23.1 Å². The standard InChI is InChI=1S/C18H26ClN7O4S/c1-18(2,3)31(27,28)26-13-9-30-14-12(8-29-15(13)14)24-16-11(19)7-22-17(25-16)23-10(5-20)6-21-4/h5-7,12,14-15,20-21H,8-9H2,1-4H3,(H2,22,23,24,25)/b10-6+,20-5?,26-13-/t12-,14?,15?/m1/s1. The Balaban J connectivity index is 1.75. The lowest BCUT2D eigenvalue weighted by molar-refractivity contribution is 0.0759. The van der Waals surface area contributed by atoms with Crippen molar-refractivity contribution >= 4 is 45.3 Å². The molecule has 31 heavy (non-hydrogen) atoms. The van der Waals surface area contributed by atoms with Crippen LogP contribution in [0.2, 0.25) is 5.02 Å². The Morgan fingerprint density at radius 3 is 2.77 bits per heavy atom. The van der Waals surface area contributed by atoms with Gasteiger partial charge >= 0.3 is 0 Å². The number of nitrogens with zero attached hydrogens (tertiary/aromatic N) is 3. The van der Waals surface area contributed by atoms with E-state index in [4.69, 9.17) is 26.5 Å². The predicted octanol–water partition coefficient (Wildman–Crippen LogP) is 1.40. The number of hydrogen-bond acceptors (Lipinski definition) is 10. The van der Waals surface area contributed by atoms with Crippen LogP contribution >= 0.6 is 11.6 Å². The highest BCUT2D eigenvalue weighted by molar-refractivity contribution is 7.91. The fourth-order valence-corrected chi connectivity index (χ4v) is 3.84. The summed E-state index contributed by atoms with van der Waals surface area (Å²) in [5.74, 6) is 0.608. The number of anilines is 2. The molecule has 0 amide bonds. The minimum atomic E-state index is -3.70. The van der Waals surface area contributed by atoms with Gasteiger partial charge in [0.15, 0.2) is 5.82 Å². The van der Waals surface area contributed by atoms with Gasteiger partial charge in [0.05, 0.1) is 41.6 Å². The van der Waals surface area contributed by atoms with Crippen LogP contribution in [0.5, 0.6) is 0 Å². The van der Waals surface area contributed by atoms with Crippen molar-refractivity contribution in [1.82, 2.24) is 15.3 Å². The van der Waals surface area contributed by atoms with E-state index in [9.17, 15) is 8.42 Å². The van der Waals surface area contributed by atoms with Gasteiger partial charge in [-0.2, -0.15) is 9.38 Å². The number of allylic oxidation sites excluding steroid dienone is 1. The van der Waals surface area contributed by atoms with E-state index < -0.39 is 27.0 Å². The molecule has 13 heteroatoms. The van der Waals surface area contributed by atoms with Crippen molar-refractivity contribution < 1.29 is 17.9 Å². The third-order valence-corrected chi connectivity index (χ3v) is 6.99. The molecular weight excluding hydrogens is 446 g/mol. The Hall–Kier alpha value is -2.28. The van der Waals surface area contributed by atoms with Gasteiger partial charge in [0.25, 0.3) is 10.0 Å². The van der Waals surface area contributed by atoms with Gasteiger partial charge < -0.3 is 30.8 Å². The van der Waals surface area contributed by atoms with E-state index in [-0.39, 0.29) is 25.2 Å². The summed E-state index contributed by atoms with van der Waals surface area (Å²) < 4.78 is 39.4. The maximum atomic E-state index is 12.4. The molecule has 11 nitrogen and oxygen atoms in total. The molecule has 0 aromatic carbocycles. The van der Waals surface area contributed by atoms with Crippen LogP contribution in [-0.2, 0) is 19.5 Å². The topological polar surface area (TPSA) is 151 Å². The molecule has 2 aliphatic rings. The quantitative estimate of drug-likeness (QED) is 0.432. The first-order valence-electron chi connectivity index (χ1n) is 9.56. The first-order valence-corrected chi connectivity index (χ1v) is 11.4. The molecular formula is C18H26ClN7O4S. The summed E-state index contributed by atoms with van der Waals surface area (Å²) in [5, 5.41) is 16.6. The van der Waals surface area contributed by atoms with Gasteiger partial charge in [-0.05, 0) is 20.8 Å². The lowest BCUT2D eigenvalue weighted by atomic mass is 10.1. The second kappa shape index (κ2) is 9.07. The van der Waals surface area contributed by atoms with Crippen LogP contribution in [0.4, 0.5) is 11.8 Å². The van der Waals surface area contributed by atoms with Crippen LogP contribution in [0.3, 0.4) is 0 Å². The highest BCUT2D eigenvalue weighted by Gasteiger charge is 2.47. The van der Waals surface area contributed by atoms with Crippen molar-refractivity contribution in [2.45, 2.75) is 43.8 Å². The van der Waals surface area contributed by atoms with Gasteiger partial charge in [-0.25, -0.2) is 13.4 Å². The van der Waals surface area contributed by atoms with Gasteiger partial charge in [-0.1, -0.05) is 11.6 Å². The van der Waals surface area contributed by atoms with Gasteiger partial charge in [-0.15, -0.1) is 0 Å². The molecule has 2 unspecified atom stereocenters. The number of ether oxygens (including phenoxy) is 2. The molecule has 1 aromatic rings. The molecule has 0 spiro atoms. The van der Waals surface area contributed by atoms with E-state index in [1.807, 2.05) is 0 Å². The average Bonchev–Trinajstić information content (AvgIpc) is 3.26. The van der Waals surface area contributed by atoms with Crippen LogP contribution < -0.4 is 16.0 Å². The number of nitrogens with one attached hydrogen (secondary N) is 4. The van der Waals surface area contributed by atoms with Crippen LogP contribution in [0.1, 0.15) is 20.8 Å². The molecule has 3 rings (SSSR count). The third-order valence-electron chi connectivity index (χ3n) is 4.69. The number of sulfonamides is 1. The summed E-state index contributed by atoms with van der Waals surface area (Å²) in [7, 11) is -1.99. The van der Waals surface area contributed by atoms with Crippen LogP contribution in [0.25, 0.3) is 0 Å². The Bertz CT molecular complexity index is 1010. The summed E-state index contributed by atoms with van der Waals surface area (Å²) in [6.07, 6.45) is 3.15. The molecule has 2 fully saturated rings. The van der Waals surface area contributed by atoms with Gasteiger partial charge in [0, 0.05) is 19.5 Å². The first-order chi connectivity index (χ1) is 14.6. The first kappa shape index (κ1) is 23.4. The van der Waals surface area contributed by atoms with Crippen molar-refractivity contribution in [3.8, 4) is 0 Å². The second-order valence-corrected chi connectivity index (χ2v) is 10.8. The van der Waals surface area contributed by atoms with E-state index in [2.05, 4.69) is 30.3 Å². The van der Waals surface area contributed by atoms with Gasteiger partial charge in [0.1, 0.15) is 17.2 Å². The summed E-state index contributed by atoms with van der Waals surface area (Å²) in [6.45, 7) is 5.12. The third kappa shape index (κ3) is 5.14. The summed E-state index contributed by atoms with van der Waals surface area (Å²) in [4.78, 5) is 8.47. The molecule has 1 aromatic heterocycles. The van der Waals surface area contributed by atoms with Crippen molar-refractivity contribution in [3.63, 3.8) is 0 Å². The number of hydrogen-bond donors (Lipinski definition) is 4. The van der Waals surface area contributed by atoms with Gasteiger partial charge in [-0.3, -0.25) is 0 Å². The highest BCUT2D eigenvalue weighted by atomic mass is 35.5. The Kier molecular flexibility index (Phi) is 6.84. The second-order valence-electron chi connectivity index (χ2n) is 8.00. The van der Waals surface area contributed by atoms with E-state index in [0.29, 0.717) is 22.2 Å². The minimum Gasteiger partial charge on any atom is -0.392 e. The molecule has 0 aliphatic carbocycles. The lowest BCUT2D eigenvalue weighted by Crippen LogP contribution is -2.36. The molecule has 2 saturated heterocycles. The van der Waals surface area contributed by atoms with E-state index >= 15 is 0 Å². The largest absolute Gasteiger partial charge is 0.392 e. The molecule has 0 bridgehead atoms. The SMILES string of the molecule is CN/C=C(\C=N)Nc1ncc(Cl)c(N[C@@H]2COC3/C(=N\S(=O)(=O)C(C)(C)C)COC32)n1. The molecule has 2 aliphatic heterocycles. The molecule has 4 N–H and O–H groups in total. The number of halogens is 1. The van der Waals surface area contributed by atoms with Crippen LogP contribution in [-0.4, -0.2) is 73.6 Å². The van der Waals surface area contributed by atoms with E-state index in [1.165, 1.54) is 6.20 Å². The number of rotatable bonds is 7. The Labute approximate surface area is 186 Å². The molecule has 170 valence electrons. The fourth-order valence-electron chi connectivity index (χ4n) is 2.96. The number of aromatic nitrogens is 2.